The Bertz CT molecular complexity index is 582. The van der Waals surface area contributed by atoms with Crippen molar-refractivity contribution in [3.05, 3.63) is 30.0 Å². The molecule has 0 amide bonds. The van der Waals surface area contributed by atoms with Gasteiger partial charge in [-0.2, -0.15) is 5.10 Å². The number of rotatable bonds is 3. The topological polar surface area (TPSA) is 56.7 Å². The molecule has 3 rings (SSSR count). The van der Waals surface area contributed by atoms with Crippen molar-refractivity contribution in [1.29, 1.82) is 0 Å². The van der Waals surface area contributed by atoms with E-state index in [1.165, 1.54) is 18.4 Å². The highest BCUT2D eigenvalue weighted by molar-refractivity contribution is 5.58. The van der Waals surface area contributed by atoms with Crippen molar-refractivity contribution in [2.45, 2.75) is 33.2 Å². The average Bonchev–Trinajstić information content (AvgIpc) is 2.69. The second-order valence-electron chi connectivity index (χ2n) is 5.80. The summed E-state index contributed by atoms with van der Waals surface area (Å²) in [7, 11) is 0. The summed E-state index contributed by atoms with van der Waals surface area (Å²) in [5.41, 5.74) is 9.00. The van der Waals surface area contributed by atoms with E-state index in [2.05, 4.69) is 23.9 Å². The zero-order valence-corrected chi connectivity index (χ0v) is 11.5. The number of anilines is 1. The molecule has 1 aliphatic carbocycles. The molecule has 0 radical (unpaired) electrons. The van der Waals surface area contributed by atoms with Crippen molar-refractivity contribution in [3.63, 3.8) is 0 Å². The van der Waals surface area contributed by atoms with Crippen LogP contribution in [0.15, 0.2) is 24.4 Å². The molecular formula is C15H20N4. The number of hydrogen-bond donors (Lipinski definition) is 1. The molecule has 1 aliphatic rings. The summed E-state index contributed by atoms with van der Waals surface area (Å²) in [6.07, 6.45) is 4.39. The minimum absolute atomic E-state index is 0.732. The molecule has 0 aromatic carbocycles. The van der Waals surface area contributed by atoms with Gasteiger partial charge in [0.1, 0.15) is 11.5 Å². The van der Waals surface area contributed by atoms with E-state index >= 15 is 0 Å². The number of nitrogen functional groups attached to an aromatic ring is 1. The van der Waals surface area contributed by atoms with Gasteiger partial charge in [-0.15, -0.1) is 0 Å². The Kier molecular flexibility index (Phi) is 3.01. The number of nitrogens with zero attached hydrogens (tertiary/aromatic N) is 3. The zero-order valence-electron chi connectivity index (χ0n) is 11.5. The predicted octanol–water partition coefficient (Wildman–Crippen LogP) is 2.88. The minimum Gasteiger partial charge on any atom is -0.384 e. The van der Waals surface area contributed by atoms with Crippen molar-refractivity contribution in [2.24, 2.45) is 11.8 Å². The third kappa shape index (κ3) is 2.48. The summed E-state index contributed by atoms with van der Waals surface area (Å²) < 4.78 is 1.93. The molecule has 0 aliphatic heterocycles. The Hall–Kier alpha value is -1.84. The molecule has 1 fully saturated rings. The first-order valence-corrected chi connectivity index (χ1v) is 6.88. The van der Waals surface area contributed by atoms with Crippen LogP contribution in [0.3, 0.4) is 0 Å². The second-order valence-corrected chi connectivity index (χ2v) is 5.80. The fourth-order valence-electron chi connectivity index (χ4n) is 2.84. The number of pyridine rings is 1. The summed E-state index contributed by atoms with van der Waals surface area (Å²) in [5.74, 6) is 2.33. The zero-order chi connectivity index (χ0) is 13.4. The number of nitrogens with two attached hydrogens (primary N) is 1. The van der Waals surface area contributed by atoms with Crippen LogP contribution in [0, 0.1) is 18.8 Å². The normalized spacial score (nSPS) is 22.2. The fraction of sp³-hybridized carbons (Fsp3) is 0.467. The van der Waals surface area contributed by atoms with Crippen LogP contribution in [0.1, 0.15) is 25.3 Å². The fourth-order valence-corrected chi connectivity index (χ4v) is 2.84. The van der Waals surface area contributed by atoms with Gasteiger partial charge in [-0.1, -0.05) is 6.92 Å². The van der Waals surface area contributed by atoms with Crippen LogP contribution in [0.5, 0.6) is 0 Å². The molecule has 0 atom stereocenters. The highest BCUT2D eigenvalue weighted by Gasteiger charge is 2.26. The summed E-state index contributed by atoms with van der Waals surface area (Å²) in [6.45, 7) is 5.29. The van der Waals surface area contributed by atoms with Gasteiger partial charge < -0.3 is 5.73 Å². The van der Waals surface area contributed by atoms with Gasteiger partial charge in [0, 0.05) is 18.8 Å². The predicted molar refractivity (Wildman–Crippen MR) is 76.5 cm³/mol. The molecule has 0 unspecified atom stereocenters. The first-order valence-electron chi connectivity index (χ1n) is 6.88. The number of aromatic nitrogens is 3. The molecule has 100 valence electrons. The maximum atomic E-state index is 6.05. The minimum atomic E-state index is 0.732. The Morgan fingerprint density at radius 2 is 2.11 bits per heavy atom. The van der Waals surface area contributed by atoms with E-state index in [1.54, 1.807) is 0 Å². The molecule has 2 heterocycles. The SMILES string of the molecule is Cc1ccnc(-c2cc(N)n(CC3CC(C)C3)n2)c1. The molecule has 4 heteroatoms. The Labute approximate surface area is 113 Å². The molecule has 0 spiro atoms. The lowest BCUT2D eigenvalue weighted by molar-refractivity contribution is 0.183. The third-order valence-corrected chi connectivity index (χ3v) is 3.89. The molecule has 0 bridgehead atoms. The van der Waals surface area contributed by atoms with Gasteiger partial charge in [-0.3, -0.25) is 4.98 Å². The molecule has 2 aromatic heterocycles. The largest absolute Gasteiger partial charge is 0.384 e. The lowest BCUT2D eigenvalue weighted by Crippen LogP contribution is -2.26. The van der Waals surface area contributed by atoms with E-state index in [-0.39, 0.29) is 0 Å². The van der Waals surface area contributed by atoms with Crippen LogP contribution < -0.4 is 5.73 Å². The average molecular weight is 256 g/mol. The van der Waals surface area contributed by atoms with E-state index < -0.39 is 0 Å². The Morgan fingerprint density at radius 1 is 1.32 bits per heavy atom. The third-order valence-electron chi connectivity index (χ3n) is 3.89. The van der Waals surface area contributed by atoms with Gasteiger partial charge in [0.2, 0.25) is 0 Å². The van der Waals surface area contributed by atoms with Gasteiger partial charge in [0.05, 0.1) is 5.69 Å². The van der Waals surface area contributed by atoms with Crippen molar-refractivity contribution in [3.8, 4) is 11.4 Å². The quantitative estimate of drug-likeness (QED) is 0.918. The highest BCUT2D eigenvalue weighted by atomic mass is 15.3. The molecule has 2 aromatic rings. The van der Waals surface area contributed by atoms with Crippen LogP contribution in [-0.4, -0.2) is 14.8 Å². The van der Waals surface area contributed by atoms with Gasteiger partial charge in [0.25, 0.3) is 0 Å². The first-order chi connectivity index (χ1) is 9.11. The van der Waals surface area contributed by atoms with E-state index in [9.17, 15) is 0 Å². The summed E-state index contributed by atoms with van der Waals surface area (Å²) in [5, 5.41) is 4.60. The molecular weight excluding hydrogens is 236 g/mol. The van der Waals surface area contributed by atoms with E-state index in [4.69, 9.17) is 5.73 Å². The van der Waals surface area contributed by atoms with Gasteiger partial charge in [0.15, 0.2) is 0 Å². The molecule has 4 nitrogen and oxygen atoms in total. The lowest BCUT2D eigenvalue weighted by atomic mass is 9.76. The van der Waals surface area contributed by atoms with E-state index in [0.717, 1.165) is 35.6 Å². The highest BCUT2D eigenvalue weighted by Crippen LogP contribution is 2.34. The number of aryl methyl sites for hydroxylation is 1. The van der Waals surface area contributed by atoms with Crippen LogP contribution >= 0.6 is 0 Å². The van der Waals surface area contributed by atoms with Crippen molar-refractivity contribution < 1.29 is 0 Å². The van der Waals surface area contributed by atoms with E-state index in [0.29, 0.717) is 0 Å². The van der Waals surface area contributed by atoms with Gasteiger partial charge in [-0.25, -0.2) is 4.68 Å². The lowest BCUT2D eigenvalue weighted by Gasteiger charge is -2.32. The van der Waals surface area contributed by atoms with Crippen molar-refractivity contribution in [2.75, 3.05) is 5.73 Å². The summed E-state index contributed by atoms with van der Waals surface area (Å²) >= 11 is 0. The Balaban J connectivity index is 1.81. The number of hydrogen-bond acceptors (Lipinski definition) is 3. The molecule has 1 saturated carbocycles. The standard InChI is InChI=1S/C15H20N4/c1-10-3-4-17-13(7-10)14-8-15(16)19(18-14)9-12-5-11(2)6-12/h3-4,7-8,11-12H,5-6,9,16H2,1-2H3. The summed E-state index contributed by atoms with van der Waals surface area (Å²) in [6, 6.07) is 5.95. The smallest absolute Gasteiger partial charge is 0.122 e. The van der Waals surface area contributed by atoms with Crippen molar-refractivity contribution >= 4 is 5.82 Å². The van der Waals surface area contributed by atoms with Crippen LogP contribution in [-0.2, 0) is 6.54 Å². The molecule has 2 N–H and O–H groups in total. The van der Waals surface area contributed by atoms with E-state index in [1.807, 2.05) is 29.1 Å². The van der Waals surface area contributed by atoms with Crippen LogP contribution in [0.2, 0.25) is 0 Å². The molecule has 0 saturated heterocycles. The van der Waals surface area contributed by atoms with Crippen LogP contribution in [0.25, 0.3) is 11.4 Å². The molecule has 19 heavy (non-hydrogen) atoms. The van der Waals surface area contributed by atoms with Crippen molar-refractivity contribution in [1.82, 2.24) is 14.8 Å². The van der Waals surface area contributed by atoms with Crippen LogP contribution in [0.4, 0.5) is 5.82 Å². The monoisotopic (exact) mass is 256 g/mol. The second kappa shape index (κ2) is 4.68. The maximum Gasteiger partial charge on any atom is 0.122 e. The maximum absolute atomic E-state index is 6.05. The van der Waals surface area contributed by atoms with Gasteiger partial charge in [-0.05, 0) is 49.3 Å². The Morgan fingerprint density at radius 3 is 2.79 bits per heavy atom. The van der Waals surface area contributed by atoms with Gasteiger partial charge >= 0.3 is 0 Å². The first kappa shape index (κ1) is 12.2. The summed E-state index contributed by atoms with van der Waals surface area (Å²) in [4.78, 5) is 4.36.